The highest BCUT2D eigenvalue weighted by Gasteiger charge is 2.32. The van der Waals surface area contributed by atoms with Crippen LogP contribution >= 0.6 is 0 Å². The van der Waals surface area contributed by atoms with Gasteiger partial charge in [-0.05, 0) is 74.9 Å². The van der Waals surface area contributed by atoms with Gasteiger partial charge in [-0.3, -0.25) is 27.9 Å². The second-order valence-corrected chi connectivity index (χ2v) is 13.5. The molecule has 4 aromatic heterocycles. The van der Waals surface area contributed by atoms with Crippen LogP contribution in [0.15, 0.2) is 55.6 Å². The van der Waals surface area contributed by atoms with Gasteiger partial charge in [-0.2, -0.15) is 0 Å². The molecular weight excluding hydrogens is 720 g/mol. The Bertz CT molecular complexity index is 2490. The van der Waals surface area contributed by atoms with Gasteiger partial charge < -0.3 is 28.1 Å². The largest absolute Gasteiger partial charge is 0.493 e. The van der Waals surface area contributed by atoms with Gasteiger partial charge in [0.1, 0.15) is 11.6 Å². The molecule has 0 saturated carbocycles. The van der Waals surface area contributed by atoms with Crippen LogP contribution in [0.1, 0.15) is 62.3 Å². The predicted molar refractivity (Wildman–Crippen MR) is 213 cm³/mol. The Morgan fingerprint density at radius 2 is 0.857 bits per heavy atom. The van der Waals surface area contributed by atoms with Crippen LogP contribution in [0.2, 0.25) is 0 Å². The SMILES string of the molecule is CCn1c(=O)c2c(nc(CC(c3ccc(OC)c(OC)c3)C(Cc3nc4c(c(=O)n(CC)c(=O)n4CC)n3C)c3ccc(OC)c(OC)c3)n2C)n(CC)c1=O. The van der Waals surface area contributed by atoms with Gasteiger partial charge in [0, 0.05) is 53.1 Å². The average molecular weight is 771 g/mol. The van der Waals surface area contributed by atoms with Crippen molar-refractivity contribution in [2.45, 2.75) is 78.6 Å². The number of fused-ring (bicyclic) bond motifs is 2. The number of nitrogens with zero attached hydrogens (tertiary/aromatic N) is 8. The first-order valence-corrected chi connectivity index (χ1v) is 18.7. The quantitative estimate of drug-likeness (QED) is 0.151. The minimum atomic E-state index is -0.411. The summed E-state index contributed by atoms with van der Waals surface area (Å²) in [5, 5.41) is 0. The van der Waals surface area contributed by atoms with E-state index in [2.05, 4.69) is 0 Å². The minimum Gasteiger partial charge on any atom is -0.493 e. The maximum absolute atomic E-state index is 13.8. The van der Waals surface area contributed by atoms with E-state index in [9.17, 15) is 19.2 Å². The Labute approximate surface area is 323 Å². The maximum atomic E-state index is 13.8. The van der Waals surface area contributed by atoms with Gasteiger partial charge in [0.2, 0.25) is 0 Å². The molecule has 0 amide bonds. The highest BCUT2D eigenvalue weighted by Crippen LogP contribution is 2.43. The molecule has 6 aromatic rings. The fraction of sp³-hybridized carbons (Fsp3) is 0.450. The fourth-order valence-electron chi connectivity index (χ4n) is 7.85. The molecule has 0 radical (unpaired) electrons. The smallest absolute Gasteiger partial charge is 0.332 e. The van der Waals surface area contributed by atoms with Crippen LogP contribution in [-0.2, 0) is 53.1 Å². The second kappa shape index (κ2) is 16.0. The molecule has 2 unspecified atom stereocenters. The lowest BCUT2D eigenvalue weighted by Gasteiger charge is -2.29. The van der Waals surface area contributed by atoms with Crippen molar-refractivity contribution in [3.8, 4) is 23.0 Å². The summed E-state index contributed by atoms with van der Waals surface area (Å²) in [6, 6.07) is 11.5. The Morgan fingerprint density at radius 3 is 1.16 bits per heavy atom. The van der Waals surface area contributed by atoms with E-state index in [1.807, 2.05) is 50.2 Å². The standard InChI is InChI=1S/C40H50N8O8/c1-11-45-35-33(37(49)47(13-3)39(45)51)43(5)31(41-35)21-25(23-15-17-27(53-7)29(19-23)55-9)26(24-16-18-28(54-8)30(20-24)56-10)22-32-42-36-34(44(32)6)38(50)48(14-4)40(52)46(36)12-2/h15-20,25-26H,11-14,21-22H2,1-10H3. The van der Waals surface area contributed by atoms with Crippen LogP contribution in [0.25, 0.3) is 22.3 Å². The number of hydrogen-bond donors (Lipinski definition) is 0. The van der Waals surface area contributed by atoms with Gasteiger partial charge in [0.05, 0.1) is 28.4 Å². The summed E-state index contributed by atoms with van der Waals surface area (Å²) in [6.07, 6.45) is 0.602. The van der Waals surface area contributed by atoms with Crippen molar-refractivity contribution in [3.05, 3.63) is 101 Å². The van der Waals surface area contributed by atoms with E-state index in [1.54, 1.807) is 65.5 Å². The van der Waals surface area contributed by atoms with Crippen molar-refractivity contribution in [1.82, 2.24) is 37.4 Å². The molecule has 16 heteroatoms. The molecule has 0 aliphatic heterocycles. The zero-order chi connectivity index (χ0) is 40.6. The van der Waals surface area contributed by atoms with Crippen LogP contribution in [0.4, 0.5) is 0 Å². The van der Waals surface area contributed by atoms with Gasteiger partial charge in [-0.15, -0.1) is 0 Å². The number of hydrogen-bond acceptors (Lipinski definition) is 10. The molecule has 6 rings (SSSR count). The normalized spacial score (nSPS) is 12.7. The molecule has 0 fully saturated rings. The van der Waals surface area contributed by atoms with Crippen LogP contribution in [-0.4, -0.2) is 65.8 Å². The highest BCUT2D eigenvalue weighted by atomic mass is 16.5. The summed E-state index contributed by atoms with van der Waals surface area (Å²) < 4.78 is 31.8. The molecule has 298 valence electrons. The molecule has 0 N–H and O–H groups in total. The number of aryl methyl sites for hydroxylation is 4. The van der Waals surface area contributed by atoms with E-state index < -0.39 is 22.5 Å². The lowest BCUT2D eigenvalue weighted by Crippen LogP contribution is -2.39. The first-order valence-electron chi connectivity index (χ1n) is 18.7. The van der Waals surface area contributed by atoms with Crippen LogP contribution < -0.4 is 41.4 Å². The van der Waals surface area contributed by atoms with Crippen molar-refractivity contribution >= 4 is 22.3 Å². The second-order valence-electron chi connectivity index (χ2n) is 13.5. The summed E-state index contributed by atoms with van der Waals surface area (Å²) in [4.78, 5) is 64.3. The zero-order valence-electron chi connectivity index (χ0n) is 33.7. The van der Waals surface area contributed by atoms with Gasteiger partial charge in [0.25, 0.3) is 11.1 Å². The Morgan fingerprint density at radius 1 is 0.518 bits per heavy atom. The summed E-state index contributed by atoms with van der Waals surface area (Å²) in [7, 11) is 9.89. The molecule has 0 spiro atoms. The lowest BCUT2D eigenvalue weighted by atomic mass is 9.77. The van der Waals surface area contributed by atoms with Crippen LogP contribution in [0.5, 0.6) is 23.0 Å². The van der Waals surface area contributed by atoms with Crippen molar-refractivity contribution in [2.24, 2.45) is 14.1 Å². The lowest BCUT2D eigenvalue weighted by molar-refractivity contribution is 0.352. The Kier molecular flexibility index (Phi) is 11.3. The van der Waals surface area contributed by atoms with Gasteiger partial charge in [-0.25, -0.2) is 19.6 Å². The zero-order valence-corrected chi connectivity index (χ0v) is 33.7. The molecule has 0 saturated heterocycles. The number of imidazole rings is 2. The molecule has 0 aliphatic carbocycles. The molecular formula is C40H50N8O8. The first kappa shape index (κ1) is 39.6. The van der Waals surface area contributed by atoms with Crippen molar-refractivity contribution in [2.75, 3.05) is 28.4 Å². The number of rotatable bonds is 15. The molecule has 56 heavy (non-hydrogen) atoms. The molecule has 0 aliphatic rings. The first-order chi connectivity index (χ1) is 26.9. The maximum Gasteiger partial charge on any atom is 0.332 e. The van der Waals surface area contributed by atoms with E-state index in [0.717, 1.165) is 11.1 Å². The Hall–Kier alpha value is -6.06. The average Bonchev–Trinajstić information content (AvgIpc) is 3.71. The predicted octanol–water partition coefficient (Wildman–Crippen LogP) is 3.57. The van der Waals surface area contributed by atoms with Gasteiger partial charge >= 0.3 is 11.4 Å². The van der Waals surface area contributed by atoms with Crippen molar-refractivity contribution in [3.63, 3.8) is 0 Å². The Balaban J connectivity index is 1.66. The topological polar surface area (TPSA) is 161 Å². The molecule has 0 bridgehead atoms. The highest BCUT2D eigenvalue weighted by molar-refractivity contribution is 5.72. The van der Waals surface area contributed by atoms with E-state index >= 15 is 0 Å². The number of ether oxygens (including phenoxy) is 4. The monoisotopic (exact) mass is 770 g/mol. The summed E-state index contributed by atoms with van der Waals surface area (Å²) in [5.74, 6) is 2.51. The molecule has 2 atom stereocenters. The number of aromatic nitrogens is 8. The molecule has 2 aromatic carbocycles. The van der Waals surface area contributed by atoms with Crippen molar-refractivity contribution < 1.29 is 18.9 Å². The van der Waals surface area contributed by atoms with Crippen LogP contribution in [0.3, 0.4) is 0 Å². The van der Waals surface area contributed by atoms with Crippen LogP contribution in [0, 0.1) is 0 Å². The third kappa shape index (κ3) is 6.45. The fourth-order valence-corrected chi connectivity index (χ4v) is 7.85. The summed E-state index contributed by atoms with van der Waals surface area (Å²) in [6.45, 7) is 8.33. The van der Waals surface area contributed by atoms with Gasteiger partial charge in [0.15, 0.2) is 45.3 Å². The van der Waals surface area contributed by atoms with Crippen molar-refractivity contribution in [1.29, 1.82) is 0 Å². The van der Waals surface area contributed by atoms with E-state index in [-0.39, 0.29) is 24.9 Å². The minimum absolute atomic E-state index is 0.219. The third-order valence-corrected chi connectivity index (χ3v) is 10.9. The van der Waals surface area contributed by atoms with Gasteiger partial charge in [-0.1, -0.05) is 12.1 Å². The third-order valence-electron chi connectivity index (χ3n) is 10.9. The van der Waals surface area contributed by atoms with E-state index in [4.69, 9.17) is 28.9 Å². The number of methoxy groups -OCH3 is 4. The number of benzene rings is 2. The molecule has 16 nitrogen and oxygen atoms in total. The summed E-state index contributed by atoms with van der Waals surface area (Å²) in [5.41, 5.74) is 1.40. The molecule has 4 heterocycles. The van der Waals surface area contributed by atoms with E-state index in [1.165, 1.54) is 18.3 Å². The van der Waals surface area contributed by atoms with E-state index in [0.29, 0.717) is 82.9 Å². The summed E-state index contributed by atoms with van der Waals surface area (Å²) >= 11 is 0.